The monoisotopic (exact) mass is 627 g/mol. The first-order chi connectivity index (χ1) is 24.3. The number of benzene rings is 7. The summed E-state index contributed by atoms with van der Waals surface area (Å²) in [7, 11) is 0. The summed E-state index contributed by atoms with van der Waals surface area (Å²) in [5, 5.41) is 2.40. The second-order valence-electron chi connectivity index (χ2n) is 12.5. The molecule has 232 valence electrons. The van der Waals surface area contributed by atoms with Gasteiger partial charge < -0.3 is 9.64 Å². The van der Waals surface area contributed by atoms with Crippen LogP contribution in [0.2, 0.25) is 0 Å². The molecule has 0 atom stereocenters. The van der Waals surface area contributed by atoms with Crippen molar-refractivity contribution in [2.45, 2.75) is 6.42 Å². The number of ether oxygens (including phenoxy) is 1. The quantitative estimate of drug-likeness (QED) is 0.188. The van der Waals surface area contributed by atoms with Crippen molar-refractivity contribution in [2.75, 3.05) is 4.90 Å². The second kappa shape index (κ2) is 12.3. The molecular weight excluding hydrogens is 595 g/mol. The molecule has 0 N–H and O–H groups in total. The number of anilines is 3. The molecule has 1 heterocycles. The Balaban J connectivity index is 1.13. The highest BCUT2D eigenvalue weighted by atomic mass is 16.5. The van der Waals surface area contributed by atoms with E-state index in [1.165, 1.54) is 33.0 Å². The normalized spacial score (nSPS) is 13.3. The van der Waals surface area contributed by atoms with Crippen molar-refractivity contribution in [1.82, 2.24) is 0 Å². The number of nitrogens with zero attached hydrogens (tertiary/aromatic N) is 1. The van der Waals surface area contributed by atoms with Gasteiger partial charge in [0.15, 0.2) is 11.5 Å². The highest BCUT2D eigenvalue weighted by Crippen LogP contribution is 2.53. The average Bonchev–Trinajstić information content (AvgIpc) is 3.47. The number of fused-ring (bicyclic) bond motifs is 3. The zero-order valence-electron chi connectivity index (χ0n) is 27.0. The van der Waals surface area contributed by atoms with Crippen molar-refractivity contribution in [3.05, 3.63) is 194 Å². The van der Waals surface area contributed by atoms with Crippen molar-refractivity contribution in [1.29, 1.82) is 0 Å². The van der Waals surface area contributed by atoms with E-state index in [9.17, 15) is 0 Å². The molecular formula is C47H33NO. The van der Waals surface area contributed by atoms with E-state index in [2.05, 4.69) is 193 Å². The molecule has 0 saturated carbocycles. The molecule has 49 heavy (non-hydrogen) atoms. The lowest BCUT2D eigenvalue weighted by molar-refractivity contribution is 0.477. The second-order valence-corrected chi connectivity index (χ2v) is 12.5. The van der Waals surface area contributed by atoms with Gasteiger partial charge in [0.05, 0.1) is 17.1 Å². The third-order valence-corrected chi connectivity index (χ3v) is 9.49. The Morgan fingerprint density at radius 1 is 0.429 bits per heavy atom. The fraction of sp³-hybridized carbons (Fsp3) is 0.0213. The number of rotatable bonds is 5. The van der Waals surface area contributed by atoms with Crippen molar-refractivity contribution in [3.63, 3.8) is 0 Å². The van der Waals surface area contributed by atoms with Gasteiger partial charge in [-0.15, -0.1) is 0 Å². The van der Waals surface area contributed by atoms with Crippen LogP contribution in [0.15, 0.2) is 188 Å². The zero-order valence-corrected chi connectivity index (χ0v) is 27.0. The van der Waals surface area contributed by atoms with Gasteiger partial charge in [-0.2, -0.15) is 0 Å². The van der Waals surface area contributed by atoms with Crippen molar-refractivity contribution in [3.8, 4) is 44.9 Å². The molecule has 0 radical (unpaired) electrons. The lowest BCUT2D eigenvalue weighted by Gasteiger charge is -2.34. The van der Waals surface area contributed by atoms with Gasteiger partial charge in [-0.05, 0) is 86.7 Å². The van der Waals surface area contributed by atoms with Crippen LogP contribution in [0.1, 0.15) is 12.0 Å². The van der Waals surface area contributed by atoms with Crippen LogP contribution in [-0.2, 0) is 0 Å². The molecule has 0 amide bonds. The minimum atomic E-state index is 0.831. The summed E-state index contributed by atoms with van der Waals surface area (Å²) in [5.74, 6) is 1.66. The Kier molecular flexibility index (Phi) is 7.25. The predicted octanol–water partition coefficient (Wildman–Crippen LogP) is 13.3. The van der Waals surface area contributed by atoms with Crippen molar-refractivity contribution < 1.29 is 4.74 Å². The van der Waals surface area contributed by atoms with Crippen LogP contribution in [0.4, 0.5) is 17.1 Å². The number of hydrogen-bond donors (Lipinski definition) is 0. The lowest BCUT2D eigenvalue weighted by Crippen LogP contribution is -2.16. The minimum absolute atomic E-state index is 0.831. The van der Waals surface area contributed by atoms with E-state index >= 15 is 0 Å². The summed E-state index contributed by atoms with van der Waals surface area (Å²) in [6, 6.07) is 56.4. The largest absolute Gasteiger partial charge is 0.453 e. The highest BCUT2D eigenvalue weighted by Gasteiger charge is 2.28. The maximum Gasteiger partial charge on any atom is 0.152 e. The van der Waals surface area contributed by atoms with E-state index in [4.69, 9.17) is 4.74 Å². The van der Waals surface area contributed by atoms with Gasteiger partial charge in [0.1, 0.15) is 0 Å². The van der Waals surface area contributed by atoms with Crippen molar-refractivity contribution in [2.24, 2.45) is 0 Å². The van der Waals surface area contributed by atoms with E-state index in [0.29, 0.717) is 0 Å². The van der Waals surface area contributed by atoms with Crippen LogP contribution in [0.3, 0.4) is 0 Å². The van der Waals surface area contributed by atoms with Crippen LogP contribution >= 0.6 is 0 Å². The average molecular weight is 628 g/mol. The van der Waals surface area contributed by atoms with Gasteiger partial charge in [0.2, 0.25) is 0 Å². The zero-order chi connectivity index (χ0) is 32.6. The molecule has 0 bridgehead atoms. The SMILES string of the molecule is C1=CCC=CC(c2ccc(-c3ccc4c(c3)Oc3cc(-c5ccc(-c6ccccc6)cc5)ccc3N4c3cccc4ccccc34)cc2)=C1. The first kappa shape index (κ1) is 28.8. The van der Waals surface area contributed by atoms with Gasteiger partial charge in [-0.1, -0.05) is 158 Å². The topological polar surface area (TPSA) is 12.5 Å². The van der Waals surface area contributed by atoms with Crippen LogP contribution in [0.25, 0.3) is 49.7 Å². The fourth-order valence-corrected chi connectivity index (χ4v) is 6.94. The first-order valence-corrected chi connectivity index (χ1v) is 16.8. The lowest BCUT2D eigenvalue weighted by atomic mass is 9.97. The summed E-state index contributed by atoms with van der Waals surface area (Å²) >= 11 is 0. The summed E-state index contributed by atoms with van der Waals surface area (Å²) < 4.78 is 6.82. The maximum atomic E-state index is 6.82. The molecule has 0 aromatic heterocycles. The Labute approximate surface area is 287 Å². The van der Waals surface area contributed by atoms with Crippen LogP contribution in [-0.4, -0.2) is 0 Å². The third kappa shape index (κ3) is 5.44. The molecule has 0 unspecified atom stereocenters. The Hall–Kier alpha value is -6.38. The Morgan fingerprint density at radius 3 is 1.67 bits per heavy atom. The van der Waals surface area contributed by atoms with Gasteiger partial charge in [0, 0.05) is 5.39 Å². The van der Waals surface area contributed by atoms with E-state index < -0.39 is 0 Å². The number of hydrogen-bond acceptors (Lipinski definition) is 2. The van der Waals surface area contributed by atoms with E-state index in [0.717, 1.165) is 57.2 Å². The maximum absolute atomic E-state index is 6.82. The van der Waals surface area contributed by atoms with Crippen LogP contribution < -0.4 is 9.64 Å². The third-order valence-electron chi connectivity index (χ3n) is 9.49. The first-order valence-electron chi connectivity index (χ1n) is 16.8. The summed E-state index contributed by atoms with van der Waals surface area (Å²) in [4.78, 5) is 2.35. The Bertz CT molecular complexity index is 2410. The van der Waals surface area contributed by atoms with Gasteiger partial charge in [-0.25, -0.2) is 0 Å². The van der Waals surface area contributed by atoms with Gasteiger partial charge in [-0.3, -0.25) is 0 Å². The Morgan fingerprint density at radius 2 is 0.980 bits per heavy atom. The molecule has 9 rings (SSSR count). The summed E-state index contributed by atoms with van der Waals surface area (Å²) in [5.41, 5.74) is 12.5. The van der Waals surface area contributed by atoms with Crippen molar-refractivity contribution >= 4 is 33.4 Å². The standard InChI is InChI=1S/C47H33NO/c1-2-5-12-33(11-4-1)35-19-23-37(24-20-35)40-27-29-44-46(31-40)49-47-32-41(38-25-21-36(22-26-38)34-13-6-3-7-14-34)28-30-45(47)48(44)43-18-10-16-39-15-8-9-17-42(39)43/h1,3-32H,2H2. The summed E-state index contributed by atoms with van der Waals surface area (Å²) in [6.45, 7) is 0. The summed E-state index contributed by atoms with van der Waals surface area (Å²) in [6.07, 6.45) is 11.9. The molecule has 7 aromatic carbocycles. The molecule has 1 aliphatic carbocycles. The van der Waals surface area contributed by atoms with Gasteiger partial charge in [0.25, 0.3) is 0 Å². The molecule has 2 aliphatic rings. The number of allylic oxidation sites excluding steroid dienone is 6. The molecule has 7 aromatic rings. The fourth-order valence-electron chi connectivity index (χ4n) is 6.94. The van der Waals surface area contributed by atoms with Crippen LogP contribution in [0.5, 0.6) is 11.5 Å². The van der Waals surface area contributed by atoms with Crippen LogP contribution in [0, 0.1) is 0 Å². The van der Waals surface area contributed by atoms with Gasteiger partial charge >= 0.3 is 0 Å². The molecule has 1 aliphatic heterocycles. The predicted molar refractivity (Wildman–Crippen MR) is 206 cm³/mol. The smallest absolute Gasteiger partial charge is 0.152 e. The highest BCUT2D eigenvalue weighted by molar-refractivity contribution is 6.01. The molecule has 2 heteroatoms. The minimum Gasteiger partial charge on any atom is -0.453 e. The van der Waals surface area contributed by atoms with E-state index in [-0.39, 0.29) is 0 Å². The van der Waals surface area contributed by atoms with E-state index in [1.54, 1.807) is 0 Å². The molecule has 0 saturated heterocycles. The molecule has 0 spiro atoms. The molecule has 2 nitrogen and oxygen atoms in total. The molecule has 0 fully saturated rings. The van der Waals surface area contributed by atoms with E-state index in [1.807, 2.05) is 0 Å².